The van der Waals surface area contributed by atoms with Crippen molar-refractivity contribution in [2.45, 2.75) is 6.54 Å². The summed E-state index contributed by atoms with van der Waals surface area (Å²) in [4.78, 5) is 25.6. The summed E-state index contributed by atoms with van der Waals surface area (Å²) in [5.41, 5.74) is 1.45. The van der Waals surface area contributed by atoms with E-state index >= 15 is 0 Å². The molecule has 25 heavy (non-hydrogen) atoms. The van der Waals surface area contributed by atoms with Crippen LogP contribution in [0.5, 0.6) is 5.75 Å². The van der Waals surface area contributed by atoms with Gasteiger partial charge in [0.1, 0.15) is 17.3 Å². The predicted octanol–water partition coefficient (Wildman–Crippen LogP) is 3.58. The number of imide groups is 1. The summed E-state index contributed by atoms with van der Waals surface area (Å²) in [5.74, 6) is -0.317. The highest BCUT2D eigenvalue weighted by atomic mass is 35.5. The van der Waals surface area contributed by atoms with Crippen LogP contribution in [0.1, 0.15) is 11.1 Å². The van der Waals surface area contributed by atoms with Gasteiger partial charge in [-0.2, -0.15) is 0 Å². The molecule has 0 aliphatic carbocycles. The van der Waals surface area contributed by atoms with Gasteiger partial charge in [-0.3, -0.25) is 9.69 Å². The molecule has 1 N–H and O–H groups in total. The van der Waals surface area contributed by atoms with Crippen molar-refractivity contribution in [2.75, 3.05) is 7.11 Å². The number of halogens is 2. The van der Waals surface area contributed by atoms with Crippen LogP contribution in [0.2, 0.25) is 5.02 Å². The van der Waals surface area contributed by atoms with Crippen molar-refractivity contribution in [1.82, 2.24) is 10.2 Å². The van der Waals surface area contributed by atoms with E-state index in [0.29, 0.717) is 21.9 Å². The number of nitrogens with one attached hydrogen (secondary N) is 1. The average Bonchev–Trinajstić information content (AvgIpc) is 2.84. The van der Waals surface area contributed by atoms with E-state index in [4.69, 9.17) is 16.3 Å². The molecule has 2 aromatic carbocycles. The van der Waals surface area contributed by atoms with Gasteiger partial charge in [0.05, 0.1) is 18.7 Å². The van der Waals surface area contributed by atoms with Crippen LogP contribution in [0, 0.1) is 5.82 Å². The van der Waals surface area contributed by atoms with Crippen molar-refractivity contribution in [1.29, 1.82) is 0 Å². The number of benzene rings is 2. The first-order valence-electron chi connectivity index (χ1n) is 7.40. The maximum absolute atomic E-state index is 13.0. The van der Waals surface area contributed by atoms with Gasteiger partial charge in [-0.25, -0.2) is 9.18 Å². The van der Waals surface area contributed by atoms with Gasteiger partial charge < -0.3 is 10.1 Å². The van der Waals surface area contributed by atoms with Gasteiger partial charge in [0.2, 0.25) is 0 Å². The standard InChI is InChI=1S/C18H14ClFN2O3/c1-25-16-7-4-12(8-14(16)19)9-15-17(23)22(18(24)21-15)10-11-2-5-13(20)6-3-11/h2-9H,10H2,1H3,(H,21,24)/b15-9+. The fourth-order valence-corrected chi connectivity index (χ4v) is 2.69. The lowest BCUT2D eigenvalue weighted by Crippen LogP contribution is -2.30. The molecule has 0 unspecified atom stereocenters. The van der Waals surface area contributed by atoms with E-state index in [1.165, 1.54) is 37.5 Å². The topological polar surface area (TPSA) is 58.6 Å². The van der Waals surface area contributed by atoms with Crippen LogP contribution in [-0.4, -0.2) is 23.9 Å². The van der Waals surface area contributed by atoms with Crippen LogP contribution in [0.4, 0.5) is 9.18 Å². The summed E-state index contributed by atoms with van der Waals surface area (Å²) in [6, 6.07) is 10.1. The molecule has 2 aromatic rings. The molecule has 3 rings (SSSR count). The zero-order valence-electron chi connectivity index (χ0n) is 13.3. The number of amides is 3. The van der Waals surface area contributed by atoms with Crippen LogP contribution in [-0.2, 0) is 11.3 Å². The molecule has 0 radical (unpaired) electrons. The van der Waals surface area contributed by atoms with Gasteiger partial charge >= 0.3 is 6.03 Å². The van der Waals surface area contributed by atoms with Crippen LogP contribution in [0.25, 0.3) is 6.08 Å². The Bertz CT molecular complexity index is 865. The van der Waals surface area contributed by atoms with E-state index in [9.17, 15) is 14.0 Å². The SMILES string of the molecule is COc1ccc(/C=C2/NC(=O)N(Cc3ccc(F)cc3)C2=O)cc1Cl. The molecule has 1 aliphatic heterocycles. The van der Waals surface area contributed by atoms with E-state index in [-0.39, 0.29) is 18.1 Å². The summed E-state index contributed by atoms with van der Waals surface area (Å²) < 4.78 is 18.0. The minimum absolute atomic E-state index is 0.0612. The zero-order valence-corrected chi connectivity index (χ0v) is 14.0. The summed E-state index contributed by atoms with van der Waals surface area (Å²) in [5, 5.41) is 2.93. The number of hydrogen-bond acceptors (Lipinski definition) is 3. The van der Waals surface area contributed by atoms with Crippen LogP contribution >= 0.6 is 11.6 Å². The second kappa shape index (κ2) is 6.94. The Kier molecular flexibility index (Phi) is 4.72. The molecule has 0 aromatic heterocycles. The molecule has 0 atom stereocenters. The molecule has 0 spiro atoms. The monoisotopic (exact) mass is 360 g/mol. The normalized spacial score (nSPS) is 15.6. The first-order chi connectivity index (χ1) is 12.0. The Morgan fingerprint density at radius 2 is 1.92 bits per heavy atom. The highest BCUT2D eigenvalue weighted by Gasteiger charge is 2.33. The van der Waals surface area contributed by atoms with Crippen LogP contribution < -0.4 is 10.1 Å². The lowest BCUT2D eigenvalue weighted by molar-refractivity contribution is -0.123. The molecular weight excluding hydrogens is 347 g/mol. The molecule has 5 nitrogen and oxygen atoms in total. The summed E-state index contributed by atoms with van der Waals surface area (Å²) in [6.45, 7) is 0.0612. The fraction of sp³-hybridized carbons (Fsp3) is 0.111. The van der Waals surface area contributed by atoms with E-state index in [0.717, 1.165) is 4.90 Å². The van der Waals surface area contributed by atoms with Gasteiger partial charge in [0.15, 0.2) is 0 Å². The second-order valence-electron chi connectivity index (χ2n) is 5.40. The third-order valence-corrected chi connectivity index (χ3v) is 4.00. The van der Waals surface area contributed by atoms with Gasteiger partial charge in [-0.1, -0.05) is 29.8 Å². The number of carbonyl (C=O) groups is 2. The summed E-state index contributed by atoms with van der Waals surface area (Å²) in [6.07, 6.45) is 1.54. The van der Waals surface area contributed by atoms with E-state index in [1.54, 1.807) is 18.2 Å². The number of methoxy groups -OCH3 is 1. The summed E-state index contributed by atoms with van der Waals surface area (Å²) >= 11 is 6.06. The highest BCUT2D eigenvalue weighted by Crippen LogP contribution is 2.26. The van der Waals surface area contributed by atoms with Crippen molar-refractivity contribution < 1.29 is 18.7 Å². The lowest BCUT2D eigenvalue weighted by atomic mass is 10.1. The average molecular weight is 361 g/mol. The minimum atomic E-state index is -0.528. The Balaban J connectivity index is 1.80. The largest absolute Gasteiger partial charge is 0.495 e. The lowest BCUT2D eigenvalue weighted by Gasteiger charge is -2.11. The zero-order chi connectivity index (χ0) is 18.0. The van der Waals surface area contributed by atoms with Gasteiger partial charge in [-0.05, 0) is 41.5 Å². The fourth-order valence-electron chi connectivity index (χ4n) is 2.43. The van der Waals surface area contributed by atoms with Crippen molar-refractivity contribution in [2.24, 2.45) is 0 Å². The van der Waals surface area contributed by atoms with Gasteiger partial charge in [0, 0.05) is 0 Å². The number of urea groups is 1. The molecule has 3 amide bonds. The van der Waals surface area contributed by atoms with Crippen molar-refractivity contribution in [3.05, 3.63) is 70.1 Å². The highest BCUT2D eigenvalue weighted by molar-refractivity contribution is 6.32. The van der Waals surface area contributed by atoms with Gasteiger partial charge in [0.25, 0.3) is 5.91 Å². The van der Waals surface area contributed by atoms with Crippen molar-refractivity contribution in [3.63, 3.8) is 0 Å². The number of ether oxygens (including phenoxy) is 1. The summed E-state index contributed by atoms with van der Waals surface area (Å²) in [7, 11) is 1.51. The number of rotatable bonds is 4. The smallest absolute Gasteiger partial charge is 0.329 e. The molecule has 1 aliphatic rings. The Labute approximate surface area is 148 Å². The number of carbonyl (C=O) groups excluding carboxylic acids is 2. The quantitative estimate of drug-likeness (QED) is 0.669. The molecule has 1 heterocycles. The molecule has 0 bridgehead atoms. The number of nitrogens with zero attached hydrogens (tertiary/aromatic N) is 1. The molecule has 0 saturated carbocycles. The molecule has 1 saturated heterocycles. The predicted molar refractivity (Wildman–Crippen MR) is 91.5 cm³/mol. The maximum atomic E-state index is 13.0. The molecular formula is C18H14ClFN2O3. The third-order valence-electron chi connectivity index (χ3n) is 3.70. The molecule has 128 valence electrons. The number of hydrogen-bond donors (Lipinski definition) is 1. The Morgan fingerprint density at radius 3 is 2.56 bits per heavy atom. The first kappa shape index (κ1) is 17.0. The third kappa shape index (κ3) is 3.64. The van der Waals surface area contributed by atoms with Crippen molar-refractivity contribution >= 4 is 29.6 Å². The Hall–Kier alpha value is -2.86. The maximum Gasteiger partial charge on any atom is 0.329 e. The van der Waals surface area contributed by atoms with E-state index in [1.807, 2.05) is 0 Å². The first-order valence-corrected chi connectivity index (χ1v) is 7.78. The van der Waals surface area contributed by atoms with E-state index in [2.05, 4.69) is 5.32 Å². The van der Waals surface area contributed by atoms with E-state index < -0.39 is 11.9 Å². The van der Waals surface area contributed by atoms with Crippen LogP contribution in [0.3, 0.4) is 0 Å². The van der Waals surface area contributed by atoms with Gasteiger partial charge in [-0.15, -0.1) is 0 Å². The molecule has 7 heteroatoms. The minimum Gasteiger partial charge on any atom is -0.495 e. The molecule has 1 fully saturated rings. The van der Waals surface area contributed by atoms with Crippen molar-refractivity contribution in [3.8, 4) is 5.75 Å². The van der Waals surface area contributed by atoms with Crippen LogP contribution in [0.15, 0.2) is 48.2 Å². The second-order valence-corrected chi connectivity index (χ2v) is 5.81. The Morgan fingerprint density at radius 1 is 1.20 bits per heavy atom.